The molecule has 5 nitrogen and oxygen atoms in total. The largest absolute Gasteiger partial charge is 0.445 e. The van der Waals surface area contributed by atoms with Crippen molar-refractivity contribution in [2.45, 2.75) is 38.3 Å². The third-order valence-corrected chi connectivity index (χ3v) is 4.96. The van der Waals surface area contributed by atoms with Crippen molar-refractivity contribution in [1.29, 1.82) is 0 Å². The molecule has 0 heterocycles. The number of ketones is 1. The summed E-state index contributed by atoms with van der Waals surface area (Å²) < 4.78 is 5.24. The Bertz CT molecular complexity index is 727. The van der Waals surface area contributed by atoms with Gasteiger partial charge in [-0.15, -0.1) is 0 Å². The number of nitrogens with two attached hydrogens (primary N) is 1. The summed E-state index contributed by atoms with van der Waals surface area (Å²) in [6.07, 6.45) is 2.94. The van der Waals surface area contributed by atoms with Gasteiger partial charge in [-0.2, -0.15) is 0 Å². The lowest BCUT2D eigenvalue weighted by Crippen LogP contribution is -2.35. The summed E-state index contributed by atoms with van der Waals surface area (Å²) in [5.41, 5.74) is 8.69. The zero-order chi connectivity index (χ0) is 20.2. The SMILES string of the molecule is NCC(=O)CCCBr.O=C(NC1Cc2ccccc2C1)OCc1ccccc1. The van der Waals surface area contributed by atoms with Gasteiger partial charge in [-0.05, 0) is 36.0 Å². The van der Waals surface area contributed by atoms with Gasteiger partial charge in [-0.25, -0.2) is 4.79 Å². The van der Waals surface area contributed by atoms with Gasteiger partial charge >= 0.3 is 6.09 Å². The molecular weight excluding hydrogens is 420 g/mol. The molecule has 28 heavy (non-hydrogen) atoms. The number of carbonyl (C=O) groups excluding carboxylic acids is 2. The first kappa shape index (κ1) is 22.1. The van der Waals surface area contributed by atoms with E-state index in [1.54, 1.807) is 0 Å². The second kappa shape index (κ2) is 12.3. The van der Waals surface area contributed by atoms with Crippen LogP contribution in [0, 0.1) is 0 Å². The molecule has 3 N–H and O–H groups in total. The molecule has 1 amide bonds. The molecule has 0 atom stereocenters. The predicted octanol–water partition coefficient (Wildman–Crippen LogP) is 3.77. The van der Waals surface area contributed by atoms with Gasteiger partial charge in [-0.1, -0.05) is 70.5 Å². The number of halogens is 1. The number of ether oxygens (including phenoxy) is 1. The molecule has 0 radical (unpaired) electrons. The minimum absolute atomic E-state index is 0.143. The van der Waals surface area contributed by atoms with Gasteiger partial charge in [0.05, 0.1) is 6.54 Å². The zero-order valence-electron chi connectivity index (χ0n) is 15.9. The number of carbonyl (C=O) groups is 2. The molecule has 1 aliphatic rings. The smallest absolute Gasteiger partial charge is 0.407 e. The van der Waals surface area contributed by atoms with Gasteiger partial charge in [-0.3, -0.25) is 4.79 Å². The van der Waals surface area contributed by atoms with Crippen LogP contribution in [0.25, 0.3) is 0 Å². The fraction of sp³-hybridized carbons (Fsp3) is 0.364. The van der Waals surface area contributed by atoms with Crippen LogP contribution >= 0.6 is 15.9 Å². The van der Waals surface area contributed by atoms with Crippen LogP contribution in [-0.4, -0.2) is 29.8 Å². The third-order valence-electron chi connectivity index (χ3n) is 4.40. The highest BCUT2D eigenvalue weighted by atomic mass is 79.9. The van der Waals surface area contributed by atoms with E-state index in [4.69, 9.17) is 10.5 Å². The van der Waals surface area contributed by atoms with E-state index in [1.807, 2.05) is 42.5 Å². The summed E-state index contributed by atoms with van der Waals surface area (Å²) >= 11 is 3.21. The fourth-order valence-electron chi connectivity index (χ4n) is 2.96. The summed E-state index contributed by atoms with van der Waals surface area (Å²) in [7, 11) is 0. The number of hydrogen-bond acceptors (Lipinski definition) is 4. The molecule has 0 bridgehead atoms. The second-order valence-corrected chi connectivity index (χ2v) is 7.41. The minimum Gasteiger partial charge on any atom is -0.445 e. The van der Waals surface area contributed by atoms with Gasteiger partial charge in [0.15, 0.2) is 0 Å². The molecule has 2 aromatic rings. The van der Waals surface area contributed by atoms with Crippen molar-refractivity contribution in [3.63, 3.8) is 0 Å². The Balaban J connectivity index is 0.000000300. The topological polar surface area (TPSA) is 81.4 Å². The first-order valence-electron chi connectivity index (χ1n) is 9.44. The van der Waals surface area contributed by atoms with Crippen molar-refractivity contribution < 1.29 is 14.3 Å². The van der Waals surface area contributed by atoms with E-state index in [1.165, 1.54) is 11.1 Å². The van der Waals surface area contributed by atoms with Crippen LogP contribution in [0.1, 0.15) is 29.5 Å². The Hall–Kier alpha value is -2.18. The van der Waals surface area contributed by atoms with Crippen molar-refractivity contribution in [3.05, 3.63) is 71.3 Å². The molecule has 0 saturated heterocycles. The highest BCUT2D eigenvalue weighted by Crippen LogP contribution is 2.21. The van der Waals surface area contributed by atoms with Crippen molar-refractivity contribution in [2.75, 3.05) is 11.9 Å². The number of Topliss-reactive ketones (excluding diaryl/α,β-unsaturated/α-hetero) is 1. The van der Waals surface area contributed by atoms with Crippen molar-refractivity contribution in [2.24, 2.45) is 5.73 Å². The molecular formula is C22H27BrN2O3. The third kappa shape index (κ3) is 7.82. The molecule has 0 saturated carbocycles. The fourth-order valence-corrected chi connectivity index (χ4v) is 3.24. The van der Waals surface area contributed by atoms with Crippen molar-refractivity contribution in [3.8, 4) is 0 Å². The monoisotopic (exact) mass is 446 g/mol. The quantitative estimate of drug-likeness (QED) is 0.634. The number of amides is 1. The molecule has 1 aliphatic carbocycles. The number of benzene rings is 2. The van der Waals surface area contributed by atoms with E-state index >= 15 is 0 Å². The van der Waals surface area contributed by atoms with Gasteiger partial charge in [0, 0.05) is 17.8 Å². The lowest BCUT2D eigenvalue weighted by Gasteiger charge is -2.12. The molecule has 3 rings (SSSR count). The molecule has 6 heteroatoms. The maximum absolute atomic E-state index is 11.8. The number of rotatable bonds is 7. The first-order chi connectivity index (χ1) is 13.6. The van der Waals surface area contributed by atoms with E-state index in [0.717, 1.165) is 30.2 Å². The lowest BCUT2D eigenvalue weighted by molar-refractivity contribution is -0.117. The van der Waals surface area contributed by atoms with Gasteiger partial charge < -0.3 is 15.8 Å². The average Bonchev–Trinajstić information content (AvgIpc) is 3.14. The number of hydrogen-bond donors (Lipinski definition) is 2. The average molecular weight is 447 g/mol. The van der Waals surface area contributed by atoms with Gasteiger partial charge in [0.25, 0.3) is 0 Å². The van der Waals surface area contributed by atoms with Crippen LogP contribution < -0.4 is 11.1 Å². The van der Waals surface area contributed by atoms with E-state index in [2.05, 4.69) is 33.4 Å². The maximum Gasteiger partial charge on any atom is 0.407 e. The van der Waals surface area contributed by atoms with Crippen LogP contribution in [0.4, 0.5) is 4.79 Å². The number of alkyl carbamates (subject to hydrolysis) is 1. The van der Waals surface area contributed by atoms with Crippen LogP contribution in [0.5, 0.6) is 0 Å². The summed E-state index contributed by atoms with van der Waals surface area (Å²) in [5, 5.41) is 3.82. The molecule has 2 aromatic carbocycles. The van der Waals surface area contributed by atoms with Crippen molar-refractivity contribution >= 4 is 27.8 Å². The number of alkyl halides is 1. The summed E-state index contributed by atoms with van der Waals surface area (Å²) in [6, 6.07) is 18.2. The van der Waals surface area contributed by atoms with Crippen molar-refractivity contribution in [1.82, 2.24) is 5.32 Å². The summed E-state index contributed by atoms with van der Waals surface area (Å²) in [4.78, 5) is 22.2. The zero-order valence-corrected chi connectivity index (χ0v) is 17.5. The van der Waals surface area contributed by atoms with Crippen LogP contribution in [0.3, 0.4) is 0 Å². The maximum atomic E-state index is 11.8. The normalized spacial score (nSPS) is 12.5. The van der Waals surface area contributed by atoms with Crippen LogP contribution in [0.15, 0.2) is 54.6 Å². The van der Waals surface area contributed by atoms with E-state index in [9.17, 15) is 9.59 Å². The number of nitrogens with one attached hydrogen (secondary N) is 1. The van der Waals surface area contributed by atoms with E-state index in [0.29, 0.717) is 13.0 Å². The van der Waals surface area contributed by atoms with Gasteiger partial charge in [0.1, 0.15) is 12.4 Å². The van der Waals surface area contributed by atoms with Crippen LogP contribution in [-0.2, 0) is 29.0 Å². The molecule has 0 fully saturated rings. The Kier molecular flexibility index (Phi) is 9.72. The van der Waals surface area contributed by atoms with E-state index < -0.39 is 0 Å². The predicted molar refractivity (Wildman–Crippen MR) is 114 cm³/mol. The minimum atomic E-state index is -0.341. The Labute approximate surface area is 174 Å². The lowest BCUT2D eigenvalue weighted by atomic mass is 10.1. The molecule has 0 spiro atoms. The van der Waals surface area contributed by atoms with Gasteiger partial charge in [0.2, 0.25) is 0 Å². The Morgan fingerprint density at radius 2 is 1.64 bits per heavy atom. The Morgan fingerprint density at radius 3 is 2.21 bits per heavy atom. The number of fused-ring (bicyclic) bond motifs is 1. The molecule has 0 unspecified atom stereocenters. The summed E-state index contributed by atoms with van der Waals surface area (Å²) in [6.45, 7) is 0.499. The highest BCUT2D eigenvalue weighted by molar-refractivity contribution is 9.09. The molecule has 150 valence electrons. The second-order valence-electron chi connectivity index (χ2n) is 6.62. The molecule has 0 aliphatic heterocycles. The first-order valence-corrected chi connectivity index (χ1v) is 10.6. The van der Waals surface area contributed by atoms with E-state index in [-0.39, 0.29) is 24.5 Å². The molecule has 0 aromatic heterocycles. The standard InChI is InChI=1S/C17H17NO2.C5H10BrNO/c19-17(20-12-13-6-2-1-3-7-13)18-16-10-14-8-4-5-9-15(14)11-16;6-3-1-2-5(8)4-7/h1-9,16H,10-12H2,(H,18,19);1-4,7H2. The van der Waals surface area contributed by atoms with Crippen LogP contribution in [0.2, 0.25) is 0 Å². The Morgan fingerprint density at radius 1 is 1.04 bits per heavy atom. The highest BCUT2D eigenvalue weighted by Gasteiger charge is 2.22. The summed E-state index contributed by atoms with van der Waals surface area (Å²) in [5.74, 6) is 0.143.